The molecule has 0 atom stereocenters. The van der Waals surface area contributed by atoms with E-state index < -0.39 is 56.2 Å². The lowest BCUT2D eigenvalue weighted by atomic mass is 10.1. The zero-order valence-corrected chi connectivity index (χ0v) is 13.1. The van der Waals surface area contributed by atoms with Gasteiger partial charge in [-0.2, -0.15) is 47.9 Å². The number of non-ortho nitro benzene ring substituents is 1. The minimum atomic E-state index is -7.40. The summed E-state index contributed by atoms with van der Waals surface area (Å²) in [5, 5.41) is 3.42. The van der Waals surface area contributed by atoms with E-state index in [2.05, 4.69) is 4.18 Å². The van der Waals surface area contributed by atoms with Crippen molar-refractivity contribution in [2.75, 3.05) is 0 Å². The van der Waals surface area contributed by atoms with Crippen LogP contribution in [0.2, 0.25) is 0 Å². The van der Waals surface area contributed by atoms with E-state index in [4.69, 9.17) is 0 Å². The molecule has 0 aliphatic carbocycles. The van der Waals surface area contributed by atoms with Crippen molar-refractivity contribution in [3.8, 4) is 0 Å². The summed E-state index contributed by atoms with van der Waals surface area (Å²) in [5.74, 6) is -14.8. The monoisotopic (exact) mass is 435 g/mol. The molecule has 0 amide bonds. The van der Waals surface area contributed by atoms with Gasteiger partial charge in [-0.3, -0.25) is 14.3 Å². The van der Waals surface area contributed by atoms with Gasteiger partial charge in [-0.25, -0.2) is 0 Å². The molecular weight excluding hydrogens is 429 g/mol. The second-order valence-corrected chi connectivity index (χ2v) is 6.46. The Labute approximate surface area is 143 Å². The number of benzene rings is 1. The van der Waals surface area contributed by atoms with Gasteiger partial charge < -0.3 is 0 Å². The van der Waals surface area contributed by atoms with E-state index in [1.54, 1.807) is 0 Å². The lowest BCUT2D eigenvalue weighted by Gasteiger charge is -2.32. The third-order valence-corrected chi connectivity index (χ3v) is 4.27. The molecule has 0 N–H and O–H groups in total. The molecule has 0 aliphatic heterocycles. The van der Waals surface area contributed by atoms with Crippen LogP contribution in [0, 0.1) is 10.1 Å². The maximum Gasteiger partial charge on any atom is 0.460 e. The molecule has 1 aromatic rings. The fourth-order valence-corrected chi connectivity index (χ4v) is 2.33. The number of halogens is 9. The Morgan fingerprint density at radius 1 is 0.889 bits per heavy atom. The smallest absolute Gasteiger partial charge is 0.261 e. The summed E-state index contributed by atoms with van der Waals surface area (Å²) in [6, 6.07) is 2.95. The van der Waals surface area contributed by atoms with Gasteiger partial charge in [0, 0.05) is 12.1 Å². The molecule has 0 bridgehead atoms. The normalized spacial score (nSPS) is 14.3. The van der Waals surface area contributed by atoms with E-state index in [9.17, 15) is 58.0 Å². The highest BCUT2D eigenvalue weighted by molar-refractivity contribution is 7.87. The molecule has 0 aromatic heterocycles. The summed E-state index contributed by atoms with van der Waals surface area (Å²) in [6.07, 6.45) is -7.19. The molecule has 1 rings (SSSR count). The van der Waals surface area contributed by atoms with Crippen molar-refractivity contribution in [3.05, 3.63) is 39.9 Å². The van der Waals surface area contributed by atoms with Gasteiger partial charge in [0.1, 0.15) is 0 Å². The van der Waals surface area contributed by atoms with E-state index in [1.165, 1.54) is 0 Å². The van der Waals surface area contributed by atoms with Crippen LogP contribution in [0.1, 0.15) is 5.56 Å². The average molecular weight is 435 g/mol. The highest BCUT2D eigenvalue weighted by Crippen LogP contribution is 2.55. The molecule has 0 saturated heterocycles. The summed E-state index contributed by atoms with van der Waals surface area (Å²) in [5.41, 5.74) is -0.964. The van der Waals surface area contributed by atoms with Gasteiger partial charge in [0.05, 0.1) is 11.5 Å². The number of nitrogens with zero attached hydrogens (tertiary/aromatic N) is 1. The Morgan fingerprint density at radius 2 is 1.33 bits per heavy atom. The van der Waals surface area contributed by atoms with Gasteiger partial charge in [-0.15, -0.1) is 0 Å². The molecule has 0 spiro atoms. The van der Waals surface area contributed by atoms with Crippen LogP contribution in [-0.4, -0.2) is 36.6 Å². The Bertz CT molecular complexity index is 805. The molecule has 154 valence electrons. The fraction of sp³-hybridized carbons (Fsp3) is 0.455. The molecular formula is C11H6F9NO5S. The van der Waals surface area contributed by atoms with Crippen LogP contribution in [0.5, 0.6) is 0 Å². The Morgan fingerprint density at radius 3 is 1.70 bits per heavy atom. The van der Waals surface area contributed by atoms with Crippen LogP contribution in [0.25, 0.3) is 0 Å². The van der Waals surface area contributed by atoms with Crippen LogP contribution >= 0.6 is 0 Å². The van der Waals surface area contributed by atoms with Crippen LogP contribution in [0.4, 0.5) is 45.2 Å². The van der Waals surface area contributed by atoms with Crippen LogP contribution in [-0.2, 0) is 20.9 Å². The van der Waals surface area contributed by atoms with E-state index in [0.717, 1.165) is 24.3 Å². The van der Waals surface area contributed by atoms with Gasteiger partial charge in [0.25, 0.3) is 5.69 Å². The highest BCUT2D eigenvalue weighted by atomic mass is 32.2. The predicted octanol–water partition coefficient (Wildman–Crippen LogP) is 3.87. The third-order valence-electron chi connectivity index (χ3n) is 2.96. The number of hydrogen-bond donors (Lipinski definition) is 0. The van der Waals surface area contributed by atoms with Crippen LogP contribution in [0.3, 0.4) is 0 Å². The van der Waals surface area contributed by atoms with Crippen molar-refractivity contribution < 1.29 is 57.0 Å². The molecule has 1 aromatic carbocycles. The summed E-state index contributed by atoms with van der Waals surface area (Å²) in [6.45, 7) is -1.50. The summed E-state index contributed by atoms with van der Waals surface area (Å²) < 4.78 is 140. The molecule has 0 fully saturated rings. The minimum Gasteiger partial charge on any atom is -0.261 e. The van der Waals surface area contributed by atoms with E-state index in [0.29, 0.717) is 0 Å². The number of rotatable bonds is 7. The number of hydrogen-bond acceptors (Lipinski definition) is 5. The van der Waals surface area contributed by atoms with Crippen molar-refractivity contribution in [1.82, 2.24) is 0 Å². The lowest BCUT2D eigenvalue weighted by Crippen LogP contribution is -2.63. The number of nitro benzene ring substituents is 1. The van der Waals surface area contributed by atoms with Crippen molar-refractivity contribution >= 4 is 15.8 Å². The van der Waals surface area contributed by atoms with E-state index in [-0.39, 0.29) is 0 Å². The lowest BCUT2D eigenvalue weighted by molar-refractivity contribution is -0.384. The molecule has 6 nitrogen and oxygen atoms in total. The highest BCUT2D eigenvalue weighted by Gasteiger charge is 2.85. The Balaban J connectivity index is 3.12. The Hall–Kier alpha value is -2.10. The number of alkyl halides is 9. The van der Waals surface area contributed by atoms with Crippen LogP contribution in [0.15, 0.2) is 24.3 Å². The maximum absolute atomic E-state index is 13.3. The second kappa shape index (κ2) is 6.81. The van der Waals surface area contributed by atoms with Crippen molar-refractivity contribution in [3.63, 3.8) is 0 Å². The van der Waals surface area contributed by atoms with Crippen LogP contribution < -0.4 is 0 Å². The molecule has 0 radical (unpaired) electrons. The van der Waals surface area contributed by atoms with Crippen molar-refractivity contribution in [2.24, 2.45) is 0 Å². The first kappa shape index (κ1) is 22.9. The zero-order chi connectivity index (χ0) is 21.5. The molecule has 0 saturated carbocycles. The predicted molar refractivity (Wildman–Crippen MR) is 67.7 cm³/mol. The molecule has 0 aliphatic rings. The number of nitro groups is 1. The second-order valence-electron chi connectivity index (χ2n) is 4.80. The standard InChI is InChI=1S/C11H6F9NO5S/c12-8(13,10(16,17)18)9(14,15)11(19,20)27(24,25)26-5-6-1-3-7(4-2-6)21(22)23/h1-4H,5H2. The molecule has 16 heteroatoms. The van der Waals surface area contributed by atoms with Gasteiger partial charge in [-0.1, -0.05) is 0 Å². The largest absolute Gasteiger partial charge is 0.460 e. The van der Waals surface area contributed by atoms with Gasteiger partial charge >= 0.3 is 33.4 Å². The van der Waals surface area contributed by atoms with E-state index >= 15 is 0 Å². The SMILES string of the molecule is O=[N+]([O-])c1ccc(COS(=O)(=O)C(F)(F)C(F)(F)C(F)(F)C(F)(F)F)cc1. The van der Waals surface area contributed by atoms with E-state index in [1.807, 2.05) is 0 Å². The Kier molecular flexibility index (Phi) is 5.79. The fourth-order valence-electron chi connectivity index (χ4n) is 1.45. The van der Waals surface area contributed by atoms with Crippen molar-refractivity contribution in [2.45, 2.75) is 29.9 Å². The maximum atomic E-state index is 13.3. The summed E-state index contributed by atoms with van der Waals surface area (Å²) in [4.78, 5) is 9.47. The first-order valence-electron chi connectivity index (χ1n) is 6.21. The molecule has 0 unspecified atom stereocenters. The topological polar surface area (TPSA) is 86.5 Å². The average Bonchev–Trinajstić information content (AvgIpc) is 2.51. The summed E-state index contributed by atoms with van der Waals surface area (Å²) in [7, 11) is -6.98. The quantitative estimate of drug-likeness (QED) is 0.281. The summed E-state index contributed by atoms with van der Waals surface area (Å²) >= 11 is 0. The molecule has 0 heterocycles. The zero-order valence-electron chi connectivity index (χ0n) is 12.3. The first-order chi connectivity index (χ1) is 11.9. The molecule has 27 heavy (non-hydrogen) atoms. The first-order valence-corrected chi connectivity index (χ1v) is 7.62. The van der Waals surface area contributed by atoms with Gasteiger partial charge in [0.2, 0.25) is 0 Å². The third kappa shape index (κ3) is 3.95. The van der Waals surface area contributed by atoms with Gasteiger partial charge in [-0.05, 0) is 17.7 Å². The van der Waals surface area contributed by atoms with Crippen molar-refractivity contribution in [1.29, 1.82) is 0 Å². The minimum absolute atomic E-state index is 0.425. The van der Waals surface area contributed by atoms with Gasteiger partial charge in [0.15, 0.2) is 0 Å².